The van der Waals surface area contributed by atoms with Crippen molar-refractivity contribution in [3.8, 4) is 0 Å². The quantitative estimate of drug-likeness (QED) is 0.768. The van der Waals surface area contributed by atoms with E-state index in [0.717, 1.165) is 18.5 Å². The monoisotopic (exact) mass is 230 g/mol. The molecular weight excluding hydrogens is 210 g/mol. The maximum absolute atomic E-state index is 11.2. The van der Waals surface area contributed by atoms with E-state index in [1.807, 2.05) is 6.07 Å². The van der Waals surface area contributed by atoms with Gasteiger partial charge in [0.05, 0.1) is 0 Å². The molecule has 1 aliphatic rings. The third kappa shape index (κ3) is 3.32. The van der Waals surface area contributed by atoms with Gasteiger partial charge >= 0.3 is 0 Å². The SMILES string of the molecule is CCCCC[CH]c1ccc2c(c1)CCC(=O)N2. The minimum Gasteiger partial charge on any atom is -0.326 e. The first kappa shape index (κ1) is 12.2. The van der Waals surface area contributed by atoms with Gasteiger partial charge in [-0.15, -0.1) is 0 Å². The van der Waals surface area contributed by atoms with Crippen LogP contribution in [0.3, 0.4) is 0 Å². The molecule has 1 heterocycles. The Hall–Kier alpha value is -1.31. The van der Waals surface area contributed by atoms with Crippen molar-refractivity contribution in [3.63, 3.8) is 0 Å². The first-order valence-electron chi connectivity index (χ1n) is 6.55. The van der Waals surface area contributed by atoms with Gasteiger partial charge in [0.15, 0.2) is 0 Å². The number of fused-ring (bicyclic) bond motifs is 1. The first-order chi connectivity index (χ1) is 8.29. The average molecular weight is 230 g/mol. The van der Waals surface area contributed by atoms with Gasteiger partial charge in [-0.25, -0.2) is 0 Å². The van der Waals surface area contributed by atoms with E-state index in [1.54, 1.807) is 0 Å². The summed E-state index contributed by atoms with van der Waals surface area (Å²) in [4.78, 5) is 11.2. The fourth-order valence-electron chi connectivity index (χ4n) is 2.19. The summed E-state index contributed by atoms with van der Waals surface area (Å²) in [5, 5.41) is 2.91. The Morgan fingerprint density at radius 3 is 3.00 bits per heavy atom. The number of rotatable bonds is 5. The van der Waals surface area contributed by atoms with Gasteiger partial charge in [0, 0.05) is 12.1 Å². The number of nitrogens with one attached hydrogen (secondary N) is 1. The molecule has 0 saturated heterocycles. The number of amides is 1. The maximum Gasteiger partial charge on any atom is 0.224 e. The molecule has 0 aromatic heterocycles. The standard InChI is InChI=1S/C15H20NO/c1-2-3-4-5-6-12-7-9-14-13(11-12)8-10-15(17)16-14/h6-7,9,11H,2-5,8,10H2,1H3,(H,16,17). The molecule has 0 fully saturated rings. The minimum atomic E-state index is 0.136. The van der Waals surface area contributed by atoms with Crippen molar-refractivity contribution in [1.82, 2.24) is 0 Å². The van der Waals surface area contributed by atoms with Crippen LogP contribution in [0.15, 0.2) is 18.2 Å². The molecule has 2 rings (SSSR count). The molecule has 0 atom stereocenters. The summed E-state index contributed by atoms with van der Waals surface area (Å²) < 4.78 is 0. The molecule has 2 heteroatoms. The van der Waals surface area contributed by atoms with Gasteiger partial charge < -0.3 is 5.32 Å². The van der Waals surface area contributed by atoms with Crippen LogP contribution in [0.25, 0.3) is 0 Å². The highest BCUT2D eigenvalue weighted by molar-refractivity contribution is 5.93. The van der Waals surface area contributed by atoms with E-state index in [9.17, 15) is 4.79 Å². The van der Waals surface area contributed by atoms with Gasteiger partial charge in [-0.1, -0.05) is 38.3 Å². The third-order valence-electron chi connectivity index (χ3n) is 3.21. The fourth-order valence-corrected chi connectivity index (χ4v) is 2.19. The predicted octanol–water partition coefficient (Wildman–Crippen LogP) is 3.70. The number of unbranched alkanes of at least 4 members (excludes halogenated alkanes) is 3. The maximum atomic E-state index is 11.2. The number of benzene rings is 1. The zero-order valence-corrected chi connectivity index (χ0v) is 10.5. The number of hydrogen-bond donors (Lipinski definition) is 1. The molecule has 1 aliphatic heterocycles. The van der Waals surface area contributed by atoms with E-state index in [1.165, 1.54) is 30.4 Å². The van der Waals surface area contributed by atoms with E-state index in [-0.39, 0.29) is 5.91 Å². The third-order valence-corrected chi connectivity index (χ3v) is 3.21. The van der Waals surface area contributed by atoms with Crippen LogP contribution >= 0.6 is 0 Å². The Morgan fingerprint density at radius 1 is 1.29 bits per heavy atom. The zero-order chi connectivity index (χ0) is 12.1. The molecule has 0 unspecified atom stereocenters. The lowest BCUT2D eigenvalue weighted by Gasteiger charge is -2.17. The van der Waals surface area contributed by atoms with Gasteiger partial charge in [0.2, 0.25) is 5.91 Å². The smallest absolute Gasteiger partial charge is 0.224 e. The van der Waals surface area contributed by atoms with Crippen LogP contribution < -0.4 is 5.32 Å². The number of carbonyl (C=O) groups is 1. The van der Waals surface area contributed by atoms with Gasteiger partial charge in [-0.3, -0.25) is 4.79 Å². The van der Waals surface area contributed by atoms with Gasteiger partial charge in [0.1, 0.15) is 0 Å². The van der Waals surface area contributed by atoms with E-state index in [0.29, 0.717) is 6.42 Å². The van der Waals surface area contributed by atoms with Crippen molar-refractivity contribution in [3.05, 3.63) is 35.7 Å². The van der Waals surface area contributed by atoms with Crippen molar-refractivity contribution in [1.29, 1.82) is 0 Å². The van der Waals surface area contributed by atoms with Gasteiger partial charge in [-0.2, -0.15) is 0 Å². The lowest BCUT2D eigenvalue weighted by molar-refractivity contribution is -0.116. The summed E-state index contributed by atoms with van der Waals surface area (Å²) >= 11 is 0. The summed E-state index contributed by atoms with van der Waals surface area (Å²) in [6, 6.07) is 6.33. The normalized spacial score (nSPS) is 14.3. The number of anilines is 1. The molecule has 1 aromatic carbocycles. The minimum absolute atomic E-state index is 0.136. The van der Waals surface area contributed by atoms with E-state index in [4.69, 9.17) is 0 Å². The second-order valence-electron chi connectivity index (χ2n) is 4.66. The lowest BCUT2D eigenvalue weighted by Crippen LogP contribution is -2.18. The molecule has 1 amide bonds. The topological polar surface area (TPSA) is 29.1 Å². The average Bonchev–Trinajstić information content (AvgIpc) is 2.35. The van der Waals surface area contributed by atoms with Crippen LogP contribution in [0.1, 0.15) is 50.2 Å². The number of carbonyl (C=O) groups excluding carboxylic acids is 1. The van der Waals surface area contributed by atoms with Crippen LogP contribution in [0.2, 0.25) is 0 Å². The van der Waals surface area contributed by atoms with Crippen LogP contribution in [0, 0.1) is 6.42 Å². The van der Waals surface area contributed by atoms with E-state index in [2.05, 4.69) is 30.8 Å². The Morgan fingerprint density at radius 2 is 2.18 bits per heavy atom. The summed E-state index contributed by atoms with van der Waals surface area (Å²) in [5.41, 5.74) is 3.55. The Kier molecular flexibility index (Phi) is 4.18. The van der Waals surface area contributed by atoms with Crippen LogP contribution in [-0.2, 0) is 11.2 Å². The zero-order valence-electron chi connectivity index (χ0n) is 10.5. The Labute approximate surface area is 103 Å². The molecule has 0 saturated carbocycles. The second kappa shape index (κ2) is 5.85. The molecule has 2 nitrogen and oxygen atoms in total. The van der Waals surface area contributed by atoms with Crippen molar-refractivity contribution in [2.24, 2.45) is 0 Å². The number of aryl methyl sites for hydroxylation is 1. The Balaban J connectivity index is 1.94. The summed E-state index contributed by atoms with van der Waals surface area (Å²) in [6.07, 6.45) is 8.78. The highest BCUT2D eigenvalue weighted by Crippen LogP contribution is 2.24. The molecule has 1 N–H and O–H groups in total. The lowest BCUT2D eigenvalue weighted by atomic mass is 9.98. The Bertz CT molecular complexity index is 398. The van der Waals surface area contributed by atoms with E-state index < -0.39 is 0 Å². The second-order valence-corrected chi connectivity index (χ2v) is 4.66. The van der Waals surface area contributed by atoms with Gasteiger partial charge in [0.25, 0.3) is 0 Å². The summed E-state index contributed by atoms with van der Waals surface area (Å²) in [7, 11) is 0. The molecule has 1 aromatic rings. The van der Waals surface area contributed by atoms with Crippen LogP contribution in [-0.4, -0.2) is 5.91 Å². The van der Waals surface area contributed by atoms with Crippen molar-refractivity contribution >= 4 is 11.6 Å². The molecule has 1 radical (unpaired) electrons. The molecule has 0 bridgehead atoms. The first-order valence-corrected chi connectivity index (χ1v) is 6.55. The van der Waals surface area contributed by atoms with Crippen molar-refractivity contribution in [2.45, 2.75) is 45.4 Å². The summed E-state index contributed by atoms with van der Waals surface area (Å²) in [5.74, 6) is 0.136. The number of hydrogen-bond acceptors (Lipinski definition) is 1. The molecule has 0 spiro atoms. The van der Waals surface area contributed by atoms with Crippen molar-refractivity contribution < 1.29 is 4.79 Å². The predicted molar refractivity (Wildman–Crippen MR) is 70.9 cm³/mol. The van der Waals surface area contributed by atoms with Gasteiger partial charge in [-0.05, 0) is 36.5 Å². The van der Waals surface area contributed by atoms with Crippen molar-refractivity contribution in [2.75, 3.05) is 5.32 Å². The van der Waals surface area contributed by atoms with Crippen LogP contribution in [0.5, 0.6) is 0 Å². The fraction of sp³-hybridized carbons (Fsp3) is 0.467. The molecule has 0 aliphatic carbocycles. The van der Waals surface area contributed by atoms with Crippen LogP contribution in [0.4, 0.5) is 5.69 Å². The summed E-state index contributed by atoms with van der Waals surface area (Å²) in [6.45, 7) is 2.22. The largest absolute Gasteiger partial charge is 0.326 e. The molecule has 17 heavy (non-hydrogen) atoms. The highest BCUT2D eigenvalue weighted by atomic mass is 16.1. The highest BCUT2D eigenvalue weighted by Gasteiger charge is 2.14. The molecule has 91 valence electrons. The molecular formula is C15H20NO. The van der Waals surface area contributed by atoms with E-state index >= 15 is 0 Å².